The highest BCUT2D eigenvalue weighted by molar-refractivity contribution is 5.15. The maximum Gasteiger partial charge on any atom is 0.306 e. The van der Waals surface area contributed by atoms with Gasteiger partial charge < -0.3 is 19.7 Å². The molecule has 2 aromatic rings. The first-order chi connectivity index (χ1) is 13.8. The van der Waals surface area contributed by atoms with Gasteiger partial charge in [0.25, 0.3) is 5.79 Å². The lowest BCUT2D eigenvalue weighted by Gasteiger charge is -2.51. The summed E-state index contributed by atoms with van der Waals surface area (Å²) in [5.41, 5.74) is 1.62. The van der Waals surface area contributed by atoms with Gasteiger partial charge in [0.05, 0.1) is 19.3 Å². The van der Waals surface area contributed by atoms with Gasteiger partial charge in [-0.15, -0.1) is 0 Å². The predicted molar refractivity (Wildman–Crippen MR) is 105 cm³/mol. The lowest BCUT2D eigenvalue weighted by atomic mass is 9.69. The van der Waals surface area contributed by atoms with Crippen LogP contribution in [0.1, 0.15) is 31.4 Å². The molecule has 0 saturated heterocycles. The van der Waals surface area contributed by atoms with Gasteiger partial charge in [0.15, 0.2) is 0 Å². The molecule has 0 bridgehead atoms. The van der Waals surface area contributed by atoms with Crippen LogP contribution in [0, 0.1) is 11.8 Å². The van der Waals surface area contributed by atoms with Crippen LogP contribution in [-0.2, 0) is 22.7 Å². The topological polar surface area (TPSA) is 58.9 Å². The first kappa shape index (κ1) is 21.8. The molecule has 4 atom stereocenters. The molecule has 1 fully saturated rings. The number of hydrogen-bond acceptors (Lipinski definition) is 4. The van der Waals surface area contributed by atoms with Crippen LogP contribution in [-0.4, -0.2) is 34.1 Å². The average molecular weight is 406 g/mol. The molecule has 0 unspecified atom stereocenters. The smallest absolute Gasteiger partial charge is 0.306 e. The molecule has 2 N–H and O–H groups in total. The minimum atomic E-state index is -3.73. The summed E-state index contributed by atoms with van der Waals surface area (Å²) in [4.78, 5) is 0. The molecule has 2 aromatic carbocycles. The number of hydrogen-bond donors (Lipinski definition) is 2. The molecular formula is C23H28F2O4. The number of benzene rings is 2. The fraction of sp³-hybridized carbons (Fsp3) is 0.478. The highest BCUT2D eigenvalue weighted by Crippen LogP contribution is 2.50. The maximum atomic E-state index is 15.0. The van der Waals surface area contributed by atoms with Gasteiger partial charge in [-0.2, -0.15) is 0 Å². The molecular weight excluding hydrogens is 378 g/mol. The van der Waals surface area contributed by atoms with Crippen LogP contribution in [0.3, 0.4) is 0 Å². The second-order valence-corrected chi connectivity index (χ2v) is 7.70. The third-order valence-electron chi connectivity index (χ3n) is 5.80. The van der Waals surface area contributed by atoms with Crippen molar-refractivity contribution < 1.29 is 28.5 Å². The SMILES string of the molecule is CC[C@@H]1[C@@H](C)[C@H](OCc2ccccc2)[C@@H](OCc2ccccc2)C(O)(O)C1(F)F. The minimum absolute atomic E-state index is 0.0286. The number of alkyl halides is 2. The Morgan fingerprint density at radius 2 is 1.34 bits per heavy atom. The summed E-state index contributed by atoms with van der Waals surface area (Å²) < 4.78 is 41.6. The standard InChI is InChI=1S/C23H28F2O4/c1-3-19-16(2)20(28-14-17-10-6-4-7-11-17)21(23(26,27)22(19,24)25)29-15-18-12-8-5-9-13-18/h4-13,16,19-21,26-27H,3,14-15H2,1-2H3/t16-,19-,20+,21-/m1/s1. The third kappa shape index (κ3) is 4.36. The molecule has 0 aliphatic heterocycles. The molecule has 0 aromatic heterocycles. The van der Waals surface area contributed by atoms with Crippen LogP contribution < -0.4 is 0 Å². The average Bonchev–Trinajstić information content (AvgIpc) is 2.71. The van der Waals surface area contributed by atoms with Crippen LogP contribution in [0.2, 0.25) is 0 Å². The molecule has 1 aliphatic carbocycles. The second kappa shape index (κ2) is 8.88. The fourth-order valence-corrected chi connectivity index (χ4v) is 4.13. The molecule has 1 saturated carbocycles. The summed E-state index contributed by atoms with van der Waals surface area (Å²) in [6, 6.07) is 18.3. The van der Waals surface area contributed by atoms with Crippen LogP contribution in [0.15, 0.2) is 60.7 Å². The molecule has 0 radical (unpaired) electrons. The van der Waals surface area contributed by atoms with Crippen molar-refractivity contribution in [2.75, 3.05) is 0 Å². The van der Waals surface area contributed by atoms with E-state index in [2.05, 4.69) is 0 Å². The van der Waals surface area contributed by atoms with Crippen LogP contribution in [0.4, 0.5) is 8.78 Å². The molecule has 6 heteroatoms. The highest BCUT2D eigenvalue weighted by atomic mass is 19.3. The van der Waals surface area contributed by atoms with E-state index in [1.807, 2.05) is 36.4 Å². The summed E-state index contributed by atoms with van der Waals surface area (Å²) >= 11 is 0. The van der Waals surface area contributed by atoms with Crippen molar-refractivity contribution in [3.63, 3.8) is 0 Å². The van der Waals surface area contributed by atoms with Gasteiger partial charge in [-0.1, -0.05) is 74.5 Å². The minimum Gasteiger partial charge on any atom is -0.370 e. The first-order valence-electron chi connectivity index (χ1n) is 9.92. The van der Waals surface area contributed by atoms with Gasteiger partial charge in [0.1, 0.15) is 6.10 Å². The Labute approximate surface area is 170 Å². The Bertz CT molecular complexity index is 767. The van der Waals surface area contributed by atoms with E-state index >= 15 is 0 Å². The zero-order chi connectivity index (χ0) is 21.1. The monoisotopic (exact) mass is 406 g/mol. The van der Waals surface area contributed by atoms with Crippen molar-refractivity contribution in [2.45, 2.75) is 57.4 Å². The van der Waals surface area contributed by atoms with E-state index in [1.165, 1.54) is 0 Å². The lowest BCUT2D eigenvalue weighted by Crippen LogP contribution is -2.71. The van der Waals surface area contributed by atoms with Crippen molar-refractivity contribution in [2.24, 2.45) is 11.8 Å². The largest absolute Gasteiger partial charge is 0.370 e. The van der Waals surface area contributed by atoms with Crippen molar-refractivity contribution in [3.8, 4) is 0 Å². The van der Waals surface area contributed by atoms with Gasteiger partial charge in [0, 0.05) is 5.92 Å². The third-order valence-corrected chi connectivity index (χ3v) is 5.80. The van der Waals surface area contributed by atoms with Crippen molar-refractivity contribution in [1.29, 1.82) is 0 Å². The molecule has 3 rings (SSSR count). The summed E-state index contributed by atoms with van der Waals surface area (Å²) in [6.07, 6.45) is -2.41. The van der Waals surface area contributed by atoms with E-state index in [0.717, 1.165) is 11.1 Å². The molecule has 158 valence electrons. The van der Waals surface area contributed by atoms with Gasteiger partial charge in [-0.25, -0.2) is 8.78 Å². The molecule has 0 amide bonds. The Morgan fingerprint density at radius 1 is 0.862 bits per heavy atom. The molecule has 1 aliphatic rings. The molecule has 0 spiro atoms. The van der Waals surface area contributed by atoms with E-state index in [1.54, 1.807) is 38.1 Å². The normalized spacial score (nSPS) is 28.2. The Balaban J connectivity index is 1.86. The Kier molecular flexibility index (Phi) is 6.69. The number of rotatable bonds is 7. The van der Waals surface area contributed by atoms with Crippen molar-refractivity contribution in [3.05, 3.63) is 71.8 Å². The lowest BCUT2D eigenvalue weighted by molar-refractivity contribution is -0.398. The summed E-state index contributed by atoms with van der Waals surface area (Å²) in [6.45, 7) is 3.41. The summed E-state index contributed by atoms with van der Waals surface area (Å²) in [7, 11) is 0. The predicted octanol–water partition coefficient (Wildman–Crippen LogP) is 4.15. The van der Waals surface area contributed by atoms with Gasteiger partial charge >= 0.3 is 5.92 Å². The van der Waals surface area contributed by atoms with E-state index in [-0.39, 0.29) is 19.6 Å². The van der Waals surface area contributed by atoms with E-state index in [4.69, 9.17) is 9.47 Å². The van der Waals surface area contributed by atoms with Crippen molar-refractivity contribution in [1.82, 2.24) is 0 Å². The zero-order valence-corrected chi connectivity index (χ0v) is 16.7. The maximum absolute atomic E-state index is 15.0. The van der Waals surface area contributed by atoms with E-state index in [9.17, 15) is 19.0 Å². The van der Waals surface area contributed by atoms with Crippen LogP contribution >= 0.6 is 0 Å². The van der Waals surface area contributed by atoms with Crippen LogP contribution in [0.5, 0.6) is 0 Å². The van der Waals surface area contributed by atoms with Crippen molar-refractivity contribution >= 4 is 0 Å². The number of halogens is 2. The summed E-state index contributed by atoms with van der Waals surface area (Å²) in [5.74, 6) is -8.94. The van der Waals surface area contributed by atoms with Crippen LogP contribution in [0.25, 0.3) is 0 Å². The van der Waals surface area contributed by atoms with Gasteiger partial charge in [0.2, 0.25) is 0 Å². The zero-order valence-electron chi connectivity index (χ0n) is 16.7. The number of ether oxygens (including phenoxy) is 2. The van der Waals surface area contributed by atoms with E-state index in [0.29, 0.717) is 0 Å². The van der Waals surface area contributed by atoms with Gasteiger partial charge in [-0.3, -0.25) is 0 Å². The molecule has 4 nitrogen and oxygen atoms in total. The second-order valence-electron chi connectivity index (χ2n) is 7.70. The highest BCUT2D eigenvalue weighted by Gasteiger charge is 2.69. The van der Waals surface area contributed by atoms with E-state index < -0.39 is 35.8 Å². The summed E-state index contributed by atoms with van der Waals surface area (Å²) in [5, 5.41) is 21.1. The first-order valence-corrected chi connectivity index (χ1v) is 9.92. The number of aliphatic hydroxyl groups is 2. The molecule has 0 heterocycles. The quantitative estimate of drug-likeness (QED) is 0.679. The fourth-order valence-electron chi connectivity index (χ4n) is 4.13. The Morgan fingerprint density at radius 3 is 1.83 bits per heavy atom. The van der Waals surface area contributed by atoms with Gasteiger partial charge in [-0.05, 0) is 23.5 Å². The Hall–Kier alpha value is -1.86. The molecule has 29 heavy (non-hydrogen) atoms.